The van der Waals surface area contributed by atoms with Gasteiger partial charge in [-0.2, -0.15) is 18.2 Å². The molecule has 0 bridgehead atoms. The highest BCUT2D eigenvalue weighted by molar-refractivity contribution is 7.91. The second kappa shape index (κ2) is 16.9. The predicted molar refractivity (Wildman–Crippen MR) is 220 cm³/mol. The van der Waals surface area contributed by atoms with E-state index in [0.717, 1.165) is 22.3 Å². The zero-order valence-electron chi connectivity index (χ0n) is 35.9. The first-order valence-electron chi connectivity index (χ1n) is 21.4. The van der Waals surface area contributed by atoms with E-state index in [4.69, 9.17) is 14.2 Å². The molecule has 20 heteroatoms. The Labute approximate surface area is 363 Å². The fraction of sp³-hybridized carbons (Fsp3) is 0.651. The van der Waals surface area contributed by atoms with E-state index in [0.29, 0.717) is 56.7 Å². The average Bonchev–Trinajstić information content (AvgIpc) is 4.14. The smallest absolute Gasteiger partial charge is 0.411 e. The molecule has 63 heavy (non-hydrogen) atoms. The van der Waals surface area contributed by atoms with E-state index in [1.807, 2.05) is 11.6 Å². The molecular weight excluding hydrogens is 855 g/mol. The number of aryl methyl sites for hydroxylation is 1. The second-order valence-corrected chi connectivity index (χ2v) is 20.3. The summed E-state index contributed by atoms with van der Waals surface area (Å²) in [4.78, 5) is 63.0. The first kappa shape index (κ1) is 46.1. The van der Waals surface area contributed by atoms with Crippen LogP contribution in [0.2, 0.25) is 0 Å². The van der Waals surface area contributed by atoms with Crippen molar-refractivity contribution in [2.45, 2.75) is 132 Å². The summed E-state index contributed by atoms with van der Waals surface area (Å²) < 4.78 is 103. The highest BCUT2D eigenvalue weighted by atomic mass is 32.2. The Morgan fingerprint density at radius 2 is 1.89 bits per heavy atom. The van der Waals surface area contributed by atoms with Crippen molar-refractivity contribution >= 4 is 44.6 Å². The number of nitrogens with one attached hydrogen (secondary N) is 2. The number of amides is 4. The second-order valence-electron chi connectivity index (χ2n) is 18.2. The molecule has 1 saturated heterocycles. The summed E-state index contributed by atoms with van der Waals surface area (Å²) in [5, 5.41) is 14.6. The van der Waals surface area contributed by atoms with Gasteiger partial charge in [0, 0.05) is 23.3 Å². The van der Waals surface area contributed by atoms with E-state index in [1.165, 1.54) is 7.11 Å². The Kier molecular flexibility index (Phi) is 12.4. The van der Waals surface area contributed by atoms with Gasteiger partial charge >= 0.3 is 12.3 Å². The zero-order chi connectivity index (χ0) is 45.9. The third kappa shape index (κ3) is 8.47. The lowest BCUT2D eigenvalue weighted by Gasteiger charge is -2.46. The number of sulfonamides is 1. The van der Waals surface area contributed by atoms with Crippen LogP contribution in [-0.2, 0) is 30.8 Å². The molecule has 0 unspecified atom stereocenters. The SMILES string of the molecule is CC[C@@H]1C[C@H](C)CC/C=C\[C@@H]2C[C@@]2(C(=O)NS(=O)(=O)C2(CF)CC2)NC(=O)[C@@H]2C[C@@H](Oc3nc4c(c5cc(OC)ccc35)CCCO4)CN2C(=O)[C@H]1N(C(=O)O)C(C)(C)C(F)(F)F. The molecule has 4 amide bonds. The van der Waals surface area contributed by atoms with E-state index in [-0.39, 0.29) is 55.2 Å². The van der Waals surface area contributed by atoms with Crippen LogP contribution in [0.25, 0.3) is 10.8 Å². The number of carboxylic acid groups (broad SMARTS) is 1. The first-order valence-corrected chi connectivity index (χ1v) is 22.9. The van der Waals surface area contributed by atoms with Crippen LogP contribution in [0.5, 0.6) is 17.5 Å². The number of benzene rings is 1. The molecule has 3 fully saturated rings. The molecule has 3 N–H and O–H groups in total. The Morgan fingerprint density at radius 1 is 1.16 bits per heavy atom. The minimum absolute atomic E-state index is 0.0000190. The molecule has 3 aliphatic heterocycles. The number of pyridine rings is 1. The summed E-state index contributed by atoms with van der Waals surface area (Å²) in [5.41, 5.74) is -4.11. The highest BCUT2D eigenvalue weighted by Gasteiger charge is 2.64. The van der Waals surface area contributed by atoms with Crippen molar-refractivity contribution in [2.24, 2.45) is 17.8 Å². The Bertz CT molecular complexity index is 2290. The van der Waals surface area contributed by atoms with Gasteiger partial charge in [-0.1, -0.05) is 32.4 Å². The van der Waals surface area contributed by atoms with E-state index in [1.54, 1.807) is 37.3 Å². The van der Waals surface area contributed by atoms with Crippen molar-refractivity contribution in [1.29, 1.82) is 0 Å². The van der Waals surface area contributed by atoms with E-state index < -0.39 is 99.1 Å². The normalized spacial score (nSPS) is 29.1. The lowest BCUT2D eigenvalue weighted by molar-refractivity contribution is -0.222. The molecule has 5 aliphatic rings. The Hall–Kier alpha value is -4.88. The van der Waals surface area contributed by atoms with Crippen LogP contribution in [0.4, 0.5) is 22.4 Å². The quantitative estimate of drug-likeness (QED) is 0.192. The van der Waals surface area contributed by atoms with Gasteiger partial charge in [-0.3, -0.25) is 24.0 Å². The number of ether oxygens (including phenoxy) is 3. The van der Waals surface area contributed by atoms with Gasteiger partial charge in [0.15, 0.2) is 0 Å². The van der Waals surface area contributed by atoms with E-state index in [2.05, 4.69) is 10.3 Å². The number of hydrogen-bond donors (Lipinski definition) is 3. The highest BCUT2D eigenvalue weighted by Crippen LogP contribution is 2.49. The number of carbonyl (C=O) groups excluding carboxylic acids is 3. The topological polar surface area (TPSA) is 194 Å². The fourth-order valence-electron chi connectivity index (χ4n) is 9.37. The van der Waals surface area contributed by atoms with Gasteiger partial charge in [0.05, 0.1) is 20.3 Å². The van der Waals surface area contributed by atoms with Crippen molar-refractivity contribution in [3.63, 3.8) is 0 Å². The number of halogens is 4. The summed E-state index contributed by atoms with van der Waals surface area (Å²) in [5.74, 6) is -4.07. The number of aromatic nitrogens is 1. The van der Waals surface area contributed by atoms with Gasteiger partial charge in [-0.15, -0.1) is 0 Å². The fourth-order valence-corrected chi connectivity index (χ4v) is 10.8. The summed E-state index contributed by atoms with van der Waals surface area (Å²) in [7, 11) is -3.00. The number of carbonyl (C=O) groups is 4. The van der Waals surface area contributed by atoms with Crippen LogP contribution in [0.1, 0.15) is 91.0 Å². The summed E-state index contributed by atoms with van der Waals surface area (Å²) in [6, 6.07) is 1.75. The third-order valence-corrected chi connectivity index (χ3v) is 15.8. The number of nitrogens with zero attached hydrogens (tertiary/aromatic N) is 3. The van der Waals surface area contributed by atoms with Gasteiger partial charge in [0.25, 0.3) is 5.91 Å². The largest absolute Gasteiger partial charge is 0.497 e. The van der Waals surface area contributed by atoms with Gasteiger partial charge in [0.2, 0.25) is 33.6 Å². The van der Waals surface area contributed by atoms with Crippen molar-refractivity contribution in [3.8, 4) is 17.5 Å². The molecule has 1 aromatic heterocycles. The van der Waals surface area contributed by atoms with Crippen LogP contribution in [0.3, 0.4) is 0 Å². The van der Waals surface area contributed by atoms with Crippen molar-refractivity contribution in [2.75, 3.05) is 26.9 Å². The van der Waals surface area contributed by atoms with E-state index >= 15 is 4.79 Å². The van der Waals surface area contributed by atoms with Crippen LogP contribution >= 0.6 is 0 Å². The maximum Gasteiger partial charge on any atom is 0.411 e. The minimum atomic E-state index is -5.13. The maximum atomic E-state index is 15.3. The molecule has 0 radical (unpaired) electrons. The number of rotatable bonds is 10. The number of fused-ring (bicyclic) bond motifs is 5. The molecule has 2 saturated carbocycles. The monoisotopic (exact) mass is 909 g/mol. The summed E-state index contributed by atoms with van der Waals surface area (Å²) in [6.45, 7) is 3.64. The standard InChI is InChI=1S/C43H55F4N5O10S/c1-6-25-18-24(2)10-7-8-11-26-21-42(26,38(55)50-63(58,59)41(23-44)15-16-41)49-34(53)32-20-28(22-51(32)37(54)33(25)52(39(56)57)40(3,4)43(45,46)47)62-36-30-14-13-27(60-5)19-31(30)29-12-9-17-61-35(29)48-36/h8,11,13-14,19,24-26,28,32-33H,6-7,9-10,12,15-18,20-23H2,1-5H3,(H,49,53)(H,50,55)(H,56,57)/b11-8-/t24-,25-,26-,28-,32+,33+,42-/m1/s1. The number of allylic oxidation sites excluding steroid dienone is 1. The predicted octanol–water partition coefficient (Wildman–Crippen LogP) is 5.83. The van der Waals surface area contributed by atoms with Crippen LogP contribution < -0.4 is 24.2 Å². The lowest BCUT2D eigenvalue weighted by Crippen LogP contribution is -2.66. The maximum absolute atomic E-state index is 15.3. The molecule has 7 rings (SSSR count). The third-order valence-electron chi connectivity index (χ3n) is 13.7. The molecule has 1 aromatic carbocycles. The molecule has 2 aliphatic carbocycles. The average molecular weight is 910 g/mol. The molecular formula is C43H55F4N5O10S. The van der Waals surface area contributed by atoms with Crippen molar-refractivity contribution in [1.82, 2.24) is 24.8 Å². The van der Waals surface area contributed by atoms with Crippen LogP contribution in [0.15, 0.2) is 30.4 Å². The summed E-state index contributed by atoms with van der Waals surface area (Å²) in [6.07, 6.45) is -2.54. The number of alkyl halides is 4. The molecule has 0 spiro atoms. The van der Waals surface area contributed by atoms with E-state index in [9.17, 15) is 45.5 Å². The van der Waals surface area contributed by atoms with Crippen molar-refractivity contribution < 1.29 is 64.5 Å². The number of methoxy groups -OCH3 is 1. The molecule has 2 aromatic rings. The van der Waals surface area contributed by atoms with Gasteiger partial charge in [-0.05, 0) is 101 Å². The molecule has 7 atom stereocenters. The first-order chi connectivity index (χ1) is 29.6. The van der Waals surface area contributed by atoms with Gasteiger partial charge in [-0.25, -0.2) is 17.6 Å². The minimum Gasteiger partial charge on any atom is -0.497 e. The Balaban J connectivity index is 1.32. The molecule has 4 heterocycles. The lowest BCUT2D eigenvalue weighted by atomic mass is 9.82. The molecule has 346 valence electrons. The van der Waals surface area contributed by atoms with Gasteiger partial charge in [0.1, 0.15) is 46.4 Å². The molecule has 15 nitrogen and oxygen atoms in total. The van der Waals surface area contributed by atoms with Crippen LogP contribution in [-0.4, -0.2) is 119 Å². The van der Waals surface area contributed by atoms with Crippen molar-refractivity contribution in [3.05, 3.63) is 35.9 Å². The van der Waals surface area contributed by atoms with Crippen LogP contribution in [0, 0.1) is 17.8 Å². The number of hydrogen-bond acceptors (Lipinski definition) is 10. The summed E-state index contributed by atoms with van der Waals surface area (Å²) >= 11 is 0. The Morgan fingerprint density at radius 3 is 2.52 bits per heavy atom. The zero-order valence-corrected chi connectivity index (χ0v) is 36.7. The van der Waals surface area contributed by atoms with Gasteiger partial charge < -0.3 is 29.5 Å².